The van der Waals surface area contributed by atoms with Crippen LogP contribution in [0.25, 0.3) is 0 Å². The molecule has 6 heteroatoms. The van der Waals surface area contributed by atoms with E-state index in [1.54, 1.807) is 4.98 Å². The van der Waals surface area contributed by atoms with Crippen LogP contribution in [0.5, 0.6) is 5.88 Å². The molecule has 1 N–H and O–H groups in total. The number of hydrogen-bond donors (Lipinski definition) is 1. The van der Waals surface area contributed by atoms with Crippen molar-refractivity contribution in [1.82, 2.24) is 9.97 Å². The lowest BCUT2D eigenvalue weighted by atomic mass is 10.6. The molecule has 0 aliphatic carbocycles. The summed E-state index contributed by atoms with van der Waals surface area (Å²) in [6.45, 7) is 3.25. The summed E-state index contributed by atoms with van der Waals surface area (Å²) in [6, 6.07) is 0. The van der Waals surface area contributed by atoms with Crippen molar-refractivity contribution in [3.05, 3.63) is 34.9 Å². The van der Waals surface area contributed by atoms with Crippen LogP contribution in [0.3, 0.4) is 0 Å². The molecule has 1 rings (SSSR count). The van der Waals surface area contributed by atoms with Gasteiger partial charge in [0.05, 0.1) is 0 Å². The first-order valence-electron chi connectivity index (χ1n) is 3.34. The van der Waals surface area contributed by atoms with Crippen LogP contribution in [0.1, 0.15) is 0 Å². The zero-order chi connectivity index (χ0) is 9.84. The van der Waals surface area contributed by atoms with Gasteiger partial charge < -0.3 is 4.74 Å². The SMILES string of the molecule is C=CCOc1nc(F)[nH]c(=O)c1F. The summed E-state index contributed by atoms with van der Waals surface area (Å²) in [5, 5.41) is 0. The number of H-pyrrole nitrogens is 1. The Labute approximate surface area is 71.9 Å². The Morgan fingerprint density at radius 1 is 1.62 bits per heavy atom. The van der Waals surface area contributed by atoms with Gasteiger partial charge in [0.15, 0.2) is 0 Å². The average Bonchev–Trinajstić information content (AvgIpc) is 2.09. The fourth-order valence-electron chi connectivity index (χ4n) is 0.645. The third kappa shape index (κ3) is 2.11. The van der Waals surface area contributed by atoms with Crippen molar-refractivity contribution in [2.75, 3.05) is 6.61 Å². The van der Waals surface area contributed by atoms with Crippen molar-refractivity contribution in [3.8, 4) is 5.88 Å². The summed E-state index contributed by atoms with van der Waals surface area (Å²) in [5.41, 5.74) is -1.20. The number of aromatic nitrogens is 2. The van der Waals surface area contributed by atoms with Crippen LogP contribution in [-0.2, 0) is 0 Å². The number of halogens is 2. The van der Waals surface area contributed by atoms with Gasteiger partial charge in [-0.15, -0.1) is 0 Å². The highest BCUT2D eigenvalue weighted by molar-refractivity contribution is 5.09. The molecule has 0 radical (unpaired) electrons. The lowest BCUT2D eigenvalue weighted by Crippen LogP contribution is -2.16. The highest BCUT2D eigenvalue weighted by atomic mass is 19.1. The lowest BCUT2D eigenvalue weighted by molar-refractivity contribution is 0.312. The third-order valence-corrected chi connectivity index (χ3v) is 1.14. The first kappa shape index (κ1) is 9.37. The predicted octanol–water partition coefficient (Wildman–Crippen LogP) is 0.613. The molecule has 0 saturated heterocycles. The first-order valence-corrected chi connectivity index (χ1v) is 3.34. The molecule has 0 saturated carbocycles. The maximum absolute atomic E-state index is 12.8. The van der Waals surface area contributed by atoms with Gasteiger partial charge in [0.2, 0.25) is 5.82 Å². The van der Waals surface area contributed by atoms with E-state index in [0.717, 1.165) is 0 Å². The van der Waals surface area contributed by atoms with E-state index in [-0.39, 0.29) is 6.61 Å². The molecule has 0 aliphatic heterocycles. The smallest absolute Gasteiger partial charge is 0.293 e. The second kappa shape index (κ2) is 3.79. The number of ether oxygens (including phenoxy) is 1. The minimum Gasteiger partial charge on any atom is -0.471 e. The highest BCUT2D eigenvalue weighted by Crippen LogP contribution is 2.07. The van der Waals surface area contributed by atoms with Gasteiger partial charge in [-0.05, 0) is 0 Å². The summed E-state index contributed by atoms with van der Waals surface area (Å²) in [6.07, 6.45) is 0.130. The Morgan fingerprint density at radius 3 is 2.92 bits per heavy atom. The van der Waals surface area contributed by atoms with Crippen molar-refractivity contribution < 1.29 is 13.5 Å². The molecule has 70 valence electrons. The Bertz CT molecular complexity index is 375. The summed E-state index contributed by atoms with van der Waals surface area (Å²) < 4.78 is 29.8. The number of nitrogens with zero attached hydrogens (tertiary/aromatic N) is 1. The molecule has 0 bridgehead atoms. The van der Waals surface area contributed by atoms with Gasteiger partial charge in [0.25, 0.3) is 17.5 Å². The molecule has 1 heterocycles. The van der Waals surface area contributed by atoms with E-state index in [1.807, 2.05) is 0 Å². The molecule has 0 aliphatic rings. The molecule has 0 aromatic carbocycles. The van der Waals surface area contributed by atoms with Gasteiger partial charge >= 0.3 is 0 Å². The second-order valence-corrected chi connectivity index (χ2v) is 2.08. The van der Waals surface area contributed by atoms with Gasteiger partial charge in [-0.3, -0.25) is 9.78 Å². The quantitative estimate of drug-likeness (QED) is 0.558. The van der Waals surface area contributed by atoms with E-state index < -0.39 is 23.3 Å². The Balaban J connectivity index is 3.05. The van der Waals surface area contributed by atoms with E-state index >= 15 is 0 Å². The molecule has 4 nitrogen and oxygen atoms in total. The Morgan fingerprint density at radius 2 is 2.31 bits per heavy atom. The Kier molecular flexibility index (Phi) is 2.73. The molecule has 1 aromatic heterocycles. The molecule has 0 fully saturated rings. The minimum absolute atomic E-state index is 0.0488. The zero-order valence-electron chi connectivity index (χ0n) is 6.51. The van der Waals surface area contributed by atoms with E-state index in [4.69, 9.17) is 0 Å². The summed E-state index contributed by atoms with van der Waals surface area (Å²) in [7, 11) is 0. The maximum atomic E-state index is 12.8. The number of nitrogens with one attached hydrogen (secondary N) is 1. The molecule has 0 atom stereocenters. The maximum Gasteiger partial charge on any atom is 0.293 e. The van der Waals surface area contributed by atoms with Crippen LogP contribution in [0.15, 0.2) is 17.4 Å². The van der Waals surface area contributed by atoms with E-state index in [0.29, 0.717) is 0 Å². The summed E-state index contributed by atoms with van der Waals surface area (Å²) in [5.74, 6) is -1.91. The molecule has 1 aromatic rings. The topological polar surface area (TPSA) is 55.0 Å². The number of aromatic amines is 1. The van der Waals surface area contributed by atoms with Crippen LogP contribution in [-0.4, -0.2) is 16.6 Å². The van der Waals surface area contributed by atoms with Crippen molar-refractivity contribution in [2.45, 2.75) is 0 Å². The average molecular weight is 188 g/mol. The van der Waals surface area contributed by atoms with Gasteiger partial charge in [0, 0.05) is 0 Å². The summed E-state index contributed by atoms with van der Waals surface area (Å²) >= 11 is 0. The van der Waals surface area contributed by atoms with Gasteiger partial charge in [-0.1, -0.05) is 12.7 Å². The van der Waals surface area contributed by atoms with Crippen molar-refractivity contribution in [3.63, 3.8) is 0 Å². The minimum atomic E-state index is -1.25. The van der Waals surface area contributed by atoms with Crippen LogP contribution in [0.4, 0.5) is 8.78 Å². The monoisotopic (exact) mass is 188 g/mol. The van der Waals surface area contributed by atoms with Crippen LogP contribution < -0.4 is 10.3 Å². The van der Waals surface area contributed by atoms with Crippen molar-refractivity contribution in [2.24, 2.45) is 0 Å². The molecule has 0 spiro atoms. The largest absolute Gasteiger partial charge is 0.471 e. The van der Waals surface area contributed by atoms with Gasteiger partial charge in [-0.25, -0.2) is 0 Å². The molecular formula is C7H6F2N2O2. The zero-order valence-corrected chi connectivity index (χ0v) is 6.51. The van der Waals surface area contributed by atoms with Crippen LogP contribution in [0.2, 0.25) is 0 Å². The third-order valence-electron chi connectivity index (χ3n) is 1.14. The Hall–Kier alpha value is -1.72. The molecular weight excluding hydrogens is 182 g/mol. The van der Waals surface area contributed by atoms with Crippen LogP contribution >= 0.6 is 0 Å². The highest BCUT2D eigenvalue weighted by Gasteiger charge is 2.11. The standard InChI is InChI=1S/C7H6F2N2O2/c1-2-3-13-6-4(8)5(12)10-7(9)11-6/h2H,1,3H2,(H,10,11,12). The van der Waals surface area contributed by atoms with Crippen LogP contribution in [0, 0.1) is 11.9 Å². The van der Waals surface area contributed by atoms with E-state index in [9.17, 15) is 13.6 Å². The fraction of sp³-hybridized carbons (Fsp3) is 0.143. The first-order chi connectivity index (χ1) is 6.15. The number of rotatable bonds is 3. The summed E-state index contributed by atoms with van der Waals surface area (Å²) in [4.78, 5) is 15.2. The molecule has 0 amide bonds. The normalized spacial score (nSPS) is 9.69. The molecule has 0 unspecified atom stereocenters. The van der Waals surface area contributed by atoms with Gasteiger partial charge in [0.1, 0.15) is 6.61 Å². The van der Waals surface area contributed by atoms with Crippen molar-refractivity contribution in [1.29, 1.82) is 0 Å². The fourth-order valence-corrected chi connectivity index (χ4v) is 0.645. The molecule has 13 heavy (non-hydrogen) atoms. The van der Waals surface area contributed by atoms with E-state index in [2.05, 4.69) is 16.3 Å². The lowest BCUT2D eigenvalue weighted by Gasteiger charge is -2.01. The van der Waals surface area contributed by atoms with E-state index in [1.165, 1.54) is 6.08 Å². The number of hydrogen-bond acceptors (Lipinski definition) is 3. The van der Waals surface area contributed by atoms with Gasteiger partial charge in [-0.2, -0.15) is 13.8 Å². The predicted molar refractivity (Wildman–Crippen MR) is 40.5 cm³/mol. The second-order valence-electron chi connectivity index (χ2n) is 2.08. The van der Waals surface area contributed by atoms with Crippen molar-refractivity contribution >= 4 is 0 Å².